The number of rotatable bonds is 9. The van der Waals surface area contributed by atoms with E-state index in [4.69, 9.17) is 9.47 Å². The van der Waals surface area contributed by atoms with Crippen LogP contribution in [-0.2, 0) is 11.3 Å². The van der Waals surface area contributed by atoms with Crippen molar-refractivity contribution in [2.75, 3.05) is 51.3 Å². The lowest BCUT2D eigenvalue weighted by Crippen LogP contribution is -2.44. The second kappa shape index (κ2) is 11.3. The van der Waals surface area contributed by atoms with E-state index in [0.717, 1.165) is 30.9 Å². The van der Waals surface area contributed by atoms with Gasteiger partial charge in [0.05, 0.1) is 24.7 Å². The Bertz CT molecular complexity index is 851. The maximum atomic E-state index is 13.0. The molecule has 0 bridgehead atoms. The molecule has 0 spiro atoms. The van der Waals surface area contributed by atoms with Gasteiger partial charge in [-0.1, -0.05) is 12.1 Å². The van der Waals surface area contributed by atoms with E-state index >= 15 is 0 Å². The molecule has 166 valence electrons. The Morgan fingerprint density at radius 3 is 2.45 bits per heavy atom. The van der Waals surface area contributed by atoms with Gasteiger partial charge in [-0.2, -0.15) is 0 Å². The molecule has 3 rings (SSSR count). The first-order chi connectivity index (χ1) is 15.0. The Hall–Kier alpha value is -3.17. The zero-order chi connectivity index (χ0) is 22.1. The molecule has 0 radical (unpaired) electrons. The molecule has 31 heavy (non-hydrogen) atoms. The summed E-state index contributed by atoms with van der Waals surface area (Å²) >= 11 is 0. The summed E-state index contributed by atoms with van der Waals surface area (Å²) in [6.07, 6.45) is 0. The van der Waals surface area contributed by atoms with Gasteiger partial charge in [0.1, 0.15) is 5.75 Å². The number of anilines is 1. The summed E-state index contributed by atoms with van der Waals surface area (Å²) in [5.41, 5.74) is 1.53. The van der Waals surface area contributed by atoms with Gasteiger partial charge in [-0.05, 0) is 36.8 Å². The quantitative estimate of drug-likeness (QED) is 0.486. The van der Waals surface area contributed by atoms with Crippen molar-refractivity contribution >= 4 is 17.4 Å². The van der Waals surface area contributed by atoms with Crippen LogP contribution in [0.3, 0.4) is 0 Å². The van der Waals surface area contributed by atoms with Gasteiger partial charge in [0.15, 0.2) is 0 Å². The molecule has 1 aliphatic rings. The van der Waals surface area contributed by atoms with Crippen LogP contribution < -0.4 is 10.1 Å². The topological polar surface area (TPSA) is 97.2 Å². The van der Waals surface area contributed by atoms with Crippen LogP contribution in [0.5, 0.6) is 5.75 Å². The van der Waals surface area contributed by atoms with E-state index in [1.54, 1.807) is 29.2 Å². The van der Waals surface area contributed by atoms with Crippen molar-refractivity contribution in [3.05, 3.63) is 64.2 Å². The molecule has 2 aromatic carbocycles. The summed E-state index contributed by atoms with van der Waals surface area (Å²) in [6, 6.07) is 13.3. The number of nitro benzene ring substituents is 1. The van der Waals surface area contributed by atoms with Crippen molar-refractivity contribution in [1.82, 2.24) is 9.80 Å². The van der Waals surface area contributed by atoms with Gasteiger partial charge in [0, 0.05) is 50.5 Å². The average molecular weight is 428 g/mol. The number of hydrogen-bond acceptors (Lipinski definition) is 6. The van der Waals surface area contributed by atoms with Crippen LogP contribution in [0.1, 0.15) is 12.5 Å². The molecule has 1 saturated heterocycles. The van der Waals surface area contributed by atoms with Crippen LogP contribution in [0.25, 0.3) is 0 Å². The number of morpholine rings is 1. The molecule has 9 nitrogen and oxygen atoms in total. The Kier molecular flexibility index (Phi) is 8.19. The highest BCUT2D eigenvalue weighted by atomic mass is 16.6. The van der Waals surface area contributed by atoms with Crippen LogP contribution in [0.4, 0.5) is 16.2 Å². The van der Waals surface area contributed by atoms with Gasteiger partial charge in [0.25, 0.3) is 5.69 Å². The number of urea groups is 1. The maximum absolute atomic E-state index is 13.0. The largest absolute Gasteiger partial charge is 0.494 e. The second-order valence-electron chi connectivity index (χ2n) is 7.19. The molecule has 1 N–H and O–H groups in total. The number of non-ortho nitro benzene ring substituents is 1. The molecule has 9 heteroatoms. The van der Waals surface area contributed by atoms with E-state index < -0.39 is 4.92 Å². The van der Waals surface area contributed by atoms with Crippen molar-refractivity contribution in [1.29, 1.82) is 0 Å². The summed E-state index contributed by atoms with van der Waals surface area (Å²) in [5.74, 6) is 0.746. The molecule has 0 unspecified atom stereocenters. The number of nitrogens with one attached hydrogen (secondary N) is 1. The fourth-order valence-electron chi connectivity index (χ4n) is 3.29. The molecule has 0 saturated carbocycles. The summed E-state index contributed by atoms with van der Waals surface area (Å²) in [5, 5.41) is 13.8. The number of carbonyl (C=O) groups is 1. The van der Waals surface area contributed by atoms with Crippen molar-refractivity contribution in [3.63, 3.8) is 0 Å². The summed E-state index contributed by atoms with van der Waals surface area (Å²) < 4.78 is 10.8. The molecular formula is C22H28N4O5. The highest BCUT2D eigenvalue weighted by Gasteiger charge is 2.18. The fourth-order valence-corrected chi connectivity index (χ4v) is 3.29. The van der Waals surface area contributed by atoms with Crippen molar-refractivity contribution in [2.45, 2.75) is 13.5 Å². The summed E-state index contributed by atoms with van der Waals surface area (Å²) in [7, 11) is 0. The monoisotopic (exact) mass is 428 g/mol. The Balaban J connectivity index is 1.66. The average Bonchev–Trinajstić information content (AvgIpc) is 2.79. The summed E-state index contributed by atoms with van der Waals surface area (Å²) in [6.45, 7) is 7.17. The van der Waals surface area contributed by atoms with Crippen molar-refractivity contribution in [2.24, 2.45) is 0 Å². The highest BCUT2D eigenvalue weighted by molar-refractivity contribution is 5.89. The molecule has 0 aromatic heterocycles. The van der Waals surface area contributed by atoms with E-state index in [1.807, 2.05) is 19.1 Å². The SMILES string of the molecule is CCOc1ccc(NC(=O)N(CCN2CCOCC2)Cc2ccc([N+](=O)[O-])cc2)cc1. The molecule has 1 aliphatic heterocycles. The lowest BCUT2D eigenvalue weighted by atomic mass is 10.2. The van der Waals surface area contributed by atoms with Crippen LogP contribution >= 0.6 is 0 Å². The third kappa shape index (κ3) is 6.94. The number of amides is 2. The molecule has 2 aromatic rings. The van der Waals surface area contributed by atoms with Crippen LogP contribution in [-0.4, -0.2) is 66.8 Å². The third-order valence-corrected chi connectivity index (χ3v) is 5.01. The fraction of sp³-hybridized carbons (Fsp3) is 0.409. The van der Waals surface area contributed by atoms with Gasteiger partial charge >= 0.3 is 6.03 Å². The minimum absolute atomic E-state index is 0.0301. The first kappa shape index (κ1) is 22.5. The third-order valence-electron chi connectivity index (χ3n) is 5.01. The van der Waals surface area contributed by atoms with E-state index in [0.29, 0.717) is 38.6 Å². The molecule has 1 heterocycles. The predicted molar refractivity (Wildman–Crippen MR) is 117 cm³/mol. The van der Waals surface area contributed by atoms with E-state index in [2.05, 4.69) is 10.2 Å². The lowest BCUT2D eigenvalue weighted by Gasteiger charge is -2.30. The van der Waals surface area contributed by atoms with Crippen molar-refractivity contribution in [3.8, 4) is 5.75 Å². The van der Waals surface area contributed by atoms with Gasteiger partial charge in [-0.15, -0.1) is 0 Å². The zero-order valence-corrected chi connectivity index (χ0v) is 17.7. The Morgan fingerprint density at radius 2 is 1.84 bits per heavy atom. The van der Waals surface area contributed by atoms with E-state index in [-0.39, 0.29) is 11.7 Å². The minimum atomic E-state index is -0.432. The van der Waals surface area contributed by atoms with E-state index in [9.17, 15) is 14.9 Å². The van der Waals surface area contributed by atoms with Crippen LogP contribution in [0, 0.1) is 10.1 Å². The Labute approximate surface area is 181 Å². The van der Waals surface area contributed by atoms with Gasteiger partial charge in [-0.25, -0.2) is 4.79 Å². The normalized spacial score (nSPS) is 14.1. The number of ether oxygens (including phenoxy) is 2. The van der Waals surface area contributed by atoms with Gasteiger partial charge < -0.3 is 19.7 Å². The first-order valence-electron chi connectivity index (χ1n) is 10.4. The summed E-state index contributed by atoms with van der Waals surface area (Å²) in [4.78, 5) is 27.4. The number of nitro groups is 1. The lowest BCUT2D eigenvalue weighted by molar-refractivity contribution is -0.384. The standard InChI is InChI=1S/C22H28N4O5/c1-2-31-21-9-5-19(6-10-21)23-22(27)25(12-11-24-13-15-30-16-14-24)17-18-3-7-20(8-4-18)26(28)29/h3-10H,2,11-17H2,1H3,(H,23,27). The van der Waals surface area contributed by atoms with Gasteiger partial charge in [-0.3, -0.25) is 15.0 Å². The van der Waals surface area contributed by atoms with E-state index in [1.165, 1.54) is 12.1 Å². The molecular weight excluding hydrogens is 400 g/mol. The highest BCUT2D eigenvalue weighted by Crippen LogP contribution is 2.18. The predicted octanol–water partition coefficient (Wildman–Crippen LogP) is 3.36. The molecule has 0 aliphatic carbocycles. The van der Waals surface area contributed by atoms with Crippen LogP contribution in [0.2, 0.25) is 0 Å². The minimum Gasteiger partial charge on any atom is -0.494 e. The number of nitrogens with zero attached hydrogens (tertiary/aromatic N) is 3. The molecule has 2 amide bonds. The molecule has 1 fully saturated rings. The van der Waals surface area contributed by atoms with Crippen molar-refractivity contribution < 1.29 is 19.2 Å². The second-order valence-corrected chi connectivity index (χ2v) is 7.19. The molecule has 0 atom stereocenters. The van der Waals surface area contributed by atoms with Gasteiger partial charge in [0.2, 0.25) is 0 Å². The van der Waals surface area contributed by atoms with Crippen LogP contribution in [0.15, 0.2) is 48.5 Å². The first-order valence-corrected chi connectivity index (χ1v) is 10.4. The number of carbonyl (C=O) groups excluding carboxylic acids is 1. The zero-order valence-electron chi connectivity index (χ0n) is 17.7. The Morgan fingerprint density at radius 1 is 1.16 bits per heavy atom. The smallest absolute Gasteiger partial charge is 0.322 e. The number of benzene rings is 2. The number of hydrogen-bond donors (Lipinski definition) is 1. The maximum Gasteiger partial charge on any atom is 0.322 e.